The second kappa shape index (κ2) is 6.06. The molecule has 2 heterocycles. The average molecular weight is 289 g/mol. The molecule has 0 amide bonds. The van der Waals surface area contributed by atoms with Crippen LogP contribution in [0.25, 0.3) is 0 Å². The van der Waals surface area contributed by atoms with Crippen LogP contribution in [-0.2, 0) is 0 Å². The lowest BCUT2D eigenvalue weighted by Gasteiger charge is -2.27. The topological polar surface area (TPSA) is 38.8 Å². The molecule has 1 atom stereocenters. The van der Waals surface area contributed by atoms with Crippen LogP contribution in [0, 0.1) is 5.92 Å². The van der Waals surface area contributed by atoms with Gasteiger partial charge in [0, 0.05) is 5.56 Å². The predicted octanol–water partition coefficient (Wildman–Crippen LogP) is 3.11. The smallest absolute Gasteiger partial charge is 0.231 e. The summed E-state index contributed by atoms with van der Waals surface area (Å²) in [6, 6.07) is 5.52. The van der Waals surface area contributed by atoms with Gasteiger partial charge >= 0.3 is 0 Å². The summed E-state index contributed by atoms with van der Waals surface area (Å²) in [7, 11) is 0. The van der Waals surface area contributed by atoms with Crippen LogP contribution >= 0.6 is 0 Å². The maximum atomic E-state index is 12.9. The van der Waals surface area contributed by atoms with E-state index in [4.69, 9.17) is 9.47 Å². The van der Waals surface area contributed by atoms with Crippen molar-refractivity contribution in [1.82, 2.24) is 4.90 Å². The normalized spacial score (nSPS) is 19.2. The zero-order chi connectivity index (χ0) is 14.8. The molecule has 1 fully saturated rings. The van der Waals surface area contributed by atoms with E-state index >= 15 is 0 Å². The first kappa shape index (κ1) is 14.4. The van der Waals surface area contributed by atoms with Crippen LogP contribution < -0.4 is 9.47 Å². The standard InChI is InChI=1S/C17H23NO3/c1-12(2)9-14(18-7-3-4-8-18)17(19)13-5-6-15-16(10-13)21-11-20-15/h5-6,10,12,14H,3-4,7-9,11H2,1-2H3. The number of benzene rings is 1. The number of ether oxygens (including phenoxy) is 2. The molecule has 0 aromatic heterocycles. The molecule has 0 aliphatic carbocycles. The summed E-state index contributed by atoms with van der Waals surface area (Å²) in [6.07, 6.45) is 3.30. The lowest BCUT2D eigenvalue weighted by molar-refractivity contribution is 0.0821. The Morgan fingerprint density at radius 3 is 2.62 bits per heavy atom. The van der Waals surface area contributed by atoms with Gasteiger partial charge in [-0.1, -0.05) is 13.8 Å². The second-order valence-electron chi connectivity index (χ2n) is 6.32. The minimum Gasteiger partial charge on any atom is -0.454 e. The van der Waals surface area contributed by atoms with Crippen molar-refractivity contribution < 1.29 is 14.3 Å². The Hall–Kier alpha value is -1.55. The van der Waals surface area contributed by atoms with Crippen molar-refractivity contribution in [3.8, 4) is 11.5 Å². The van der Waals surface area contributed by atoms with Gasteiger partial charge in [0.25, 0.3) is 0 Å². The third-order valence-electron chi connectivity index (χ3n) is 4.24. The van der Waals surface area contributed by atoms with Gasteiger partial charge in [0.05, 0.1) is 6.04 Å². The molecule has 4 nitrogen and oxygen atoms in total. The Morgan fingerprint density at radius 2 is 1.90 bits per heavy atom. The van der Waals surface area contributed by atoms with E-state index in [2.05, 4.69) is 18.7 Å². The molecule has 1 aromatic carbocycles. The van der Waals surface area contributed by atoms with Crippen LogP contribution in [-0.4, -0.2) is 36.6 Å². The van der Waals surface area contributed by atoms with E-state index in [1.54, 1.807) is 0 Å². The highest BCUT2D eigenvalue weighted by molar-refractivity contribution is 6.00. The molecule has 1 saturated heterocycles. The highest BCUT2D eigenvalue weighted by Crippen LogP contribution is 2.33. The molecular formula is C17H23NO3. The summed E-state index contributed by atoms with van der Waals surface area (Å²) < 4.78 is 10.7. The fourth-order valence-corrected chi connectivity index (χ4v) is 3.16. The number of carbonyl (C=O) groups excluding carboxylic acids is 1. The summed E-state index contributed by atoms with van der Waals surface area (Å²) in [5.74, 6) is 2.14. The molecule has 0 N–H and O–H groups in total. The minimum absolute atomic E-state index is 0.00660. The summed E-state index contributed by atoms with van der Waals surface area (Å²) in [5.41, 5.74) is 0.733. The van der Waals surface area contributed by atoms with Crippen LogP contribution in [0.2, 0.25) is 0 Å². The van der Waals surface area contributed by atoms with Crippen LogP contribution in [0.15, 0.2) is 18.2 Å². The number of likely N-dealkylation sites (tertiary alicyclic amines) is 1. The average Bonchev–Trinajstić information content (AvgIpc) is 3.13. The predicted molar refractivity (Wildman–Crippen MR) is 80.9 cm³/mol. The SMILES string of the molecule is CC(C)CC(C(=O)c1ccc2c(c1)OCO2)N1CCCC1. The molecule has 0 bridgehead atoms. The van der Waals surface area contributed by atoms with E-state index in [1.165, 1.54) is 12.8 Å². The Bertz CT molecular complexity index is 521. The molecule has 1 aromatic rings. The van der Waals surface area contributed by atoms with E-state index in [0.717, 1.165) is 30.8 Å². The number of Topliss-reactive ketones (excluding diaryl/α,β-unsaturated/α-hetero) is 1. The molecule has 114 valence electrons. The summed E-state index contributed by atoms with van der Waals surface area (Å²) >= 11 is 0. The maximum absolute atomic E-state index is 12.9. The lowest BCUT2D eigenvalue weighted by atomic mass is 9.94. The van der Waals surface area contributed by atoms with Gasteiger partial charge in [0.15, 0.2) is 17.3 Å². The van der Waals surface area contributed by atoms with Gasteiger partial charge < -0.3 is 9.47 Å². The van der Waals surface area contributed by atoms with Gasteiger partial charge in [-0.25, -0.2) is 0 Å². The van der Waals surface area contributed by atoms with Crippen molar-refractivity contribution >= 4 is 5.78 Å². The van der Waals surface area contributed by atoms with Gasteiger partial charge in [0.1, 0.15) is 0 Å². The number of rotatable bonds is 5. The first-order valence-corrected chi connectivity index (χ1v) is 7.83. The van der Waals surface area contributed by atoms with Crippen LogP contribution in [0.1, 0.15) is 43.5 Å². The lowest BCUT2D eigenvalue weighted by Crippen LogP contribution is -2.40. The molecule has 0 radical (unpaired) electrons. The number of ketones is 1. The Balaban J connectivity index is 1.82. The molecular weight excluding hydrogens is 266 g/mol. The molecule has 21 heavy (non-hydrogen) atoms. The second-order valence-corrected chi connectivity index (χ2v) is 6.32. The maximum Gasteiger partial charge on any atom is 0.231 e. The third-order valence-corrected chi connectivity index (χ3v) is 4.24. The number of fused-ring (bicyclic) bond motifs is 1. The molecule has 1 unspecified atom stereocenters. The van der Waals surface area contributed by atoms with Gasteiger partial charge in [-0.05, 0) is 56.5 Å². The van der Waals surface area contributed by atoms with Crippen LogP contribution in [0.3, 0.4) is 0 Å². The van der Waals surface area contributed by atoms with E-state index < -0.39 is 0 Å². The first-order valence-electron chi connectivity index (χ1n) is 7.83. The molecule has 3 rings (SSSR count). The van der Waals surface area contributed by atoms with Crippen LogP contribution in [0.5, 0.6) is 11.5 Å². The first-order chi connectivity index (χ1) is 10.1. The Labute approximate surface area is 126 Å². The molecule has 4 heteroatoms. The minimum atomic E-state index is -0.00660. The highest BCUT2D eigenvalue weighted by Gasteiger charge is 2.30. The molecule has 0 saturated carbocycles. The highest BCUT2D eigenvalue weighted by atomic mass is 16.7. The number of nitrogens with zero attached hydrogens (tertiary/aromatic N) is 1. The van der Waals surface area contributed by atoms with Gasteiger partial charge in [-0.2, -0.15) is 0 Å². The third kappa shape index (κ3) is 3.05. The van der Waals surface area contributed by atoms with E-state index in [0.29, 0.717) is 11.7 Å². The number of hydrogen-bond acceptors (Lipinski definition) is 4. The van der Waals surface area contributed by atoms with Gasteiger partial charge in [-0.15, -0.1) is 0 Å². The summed E-state index contributed by atoms with van der Waals surface area (Å²) in [6.45, 7) is 6.67. The van der Waals surface area contributed by atoms with Crippen molar-refractivity contribution in [1.29, 1.82) is 0 Å². The van der Waals surface area contributed by atoms with Crippen LogP contribution in [0.4, 0.5) is 0 Å². The van der Waals surface area contributed by atoms with Crippen molar-refractivity contribution in [2.75, 3.05) is 19.9 Å². The van der Waals surface area contributed by atoms with E-state index in [9.17, 15) is 4.79 Å². The van der Waals surface area contributed by atoms with Crippen molar-refractivity contribution in [3.63, 3.8) is 0 Å². The summed E-state index contributed by atoms with van der Waals surface area (Å²) in [4.78, 5) is 15.3. The Morgan fingerprint density at radius 1 is 1.19 bits per heavy atom. The zero-order valence-corrected chi connectivity index (χ0v) is 12.8. The van der Waals surface area contributed by atoms with Crippen molar-refractivity contribution in [3.05, 3.63) is 23.8 Å². The van der Waals surface area contributed by atoms with E-state index in [-0.39, 0.29) is 18.6 Å². The van der Waals surface area contributed by atoms with Gasteiger partial charge in [0.2, 0.25) is 6.79 Å². The number of hydrogen-bond donors (Lipinski definition) is 0. The van der Waals surface area contributed by atoms with E-state index in [1.807, 2.05) is 18.2 Å². The summed E-state index contributed by atoms with van der Waals surface area (Å²) in [5, 5.41) is 0. The monoisotopic (exact) mass is 289 g/mol. The fraction of sp³-hybridized carbons (Fsp3) is 0.588. The zero-order valence-electron chi connectivity index (χ0n) is 12.8. The molecule has 2 aliphatic rings. The quantitative estimate of drug-likeness (QED) is 0.781. The fourth-order valence-electron chi connectivity index (χ4n) is 3.16. The number of carbonyl (C=O) groups is 1. The van der Waals surface area contributed by atoms with Crippen molar-refractivity contribution in [2.24, 2.45) is 5.92 Å². The Kier molecular flexibility index (Phi) is 4.15. The molecule has 0 spiro atoms. The molecule has 2 aliphatic heterocycles. The largest absolute Gasteiger partial charge is 0.454 e. The van der Waals surface area contributed by atoms with Crippen molar-refractivity contribution in [2.45, 2.75) is 39.2 Å². The van der Waals surface area contributed by atoms with Gasteiger partial charge in [-0.3, -0.25) is 9.69 Å².